The van der Waals surface area contributed by atoms with E-state index in [1.54, 1.807) is 17.5 Å². The Hall–Kier alpha value is -3.16. The molecule has 4 aromatic rings. The Labute approximate surface area is 186 Å². The van der Waals surface area contributed by atoms with E-state index in [0.29, 0.717) is 12.2 Å². The Morgan fingerprint density at radius 2 is 2.10 bits per heavy atom. The van der Waals surface area contributed by atoms with E-state index in [4.69, 9.17) is 4.74 Å². The van der Waals surface area contributed by atoms with Crippen LogP contribution in [-0.4, -0.2) is 39.9 Å². The Bertz CT molecular complexity index is 1110. The molecule has 0 aliphatic rings. The second-order valence-electron chi connectivity index (χ2n) is 7.63. The number of rotatable bonds is 9. The molecule has 1 amide bonds. The molecule has 0 saturated carbocycles. The summed E-state index contributed by atoms with van der Waals surface area (Å²) in [7, 11) is 2.12. The molecule has 3 aromatic heterocycles. The molecule has 6 nitrogen and oxygen atoms in total. The number of amides is 1. The fourth-order valence-electron chi connectivity index (χ4n) is 3.40. The molecule has 0 aliphatic carbocycles. The lowest BCUT2D eigenvalue weighted by Crippen LogP contribution is -2.33. The second kappa shape index (κ2) is 9.76. The minimum Gasteiger partial charge on any atom is -0.489 e. The number of aromatic nitrogens is 2. The van der Waals surface area contributed by atoms with Crippen LogP contribution in [0.5, 0.6) is 5.75 Å². The van der Waals surface area contributed by atoms with Crippen molar-refractivity contribution in [1.82, 2.24) is 19.6 Å². The highest BCUT2D eigenvalue weighted by Gasteiger charge is 2.13. The molecule has 0 spiro atoms. The minimum atomic E-state index is -0.205. The topological polar surface area (TPSA) is 58.9 Å². The molecule has 1 atom stereocenters. The van der Waals surface area contributed by atoms with Gasteiger partial charge in [-0.05, 0) is 55.2 Å². The number of ether oxygens (including phenoxy) is 1. The predicted molar refractivity (Wildman–Crippen MR) is 124 cm³/mol. The number of pyridine rings is 1. The summed E-state index contributed by atoms with van der Waals surface area (Å²) in [6.45, 7) is 4.11. The molecule has 160 valence electrons. The molecule has 0 fully saturated rings. The lowest BCUT2D eigenvalue weighted by Gasteiger charge is -2.18. The molecular formula is C24H26N4O2S. The zero-order chi connectivity index (χ0) is 21.6. The molecule has 1 N–H and O–H groups in total. The van der Waals surface area contributed by atoms with Gasteiger partial charge in [-0.2, -0.15) is 0 Å². The highest BCUT2D eigenvalue weighted by Crippen LogP contribution is 2.18. The molecule has 3 heterocycles. The number of hydrogen-bond donors (Lipinski definition) is 1. The number of carbonyl (C=O) groups excluding carboxylic acids is 1. The first-order valence-electron chi connectivity index (χ1n) is 10.3. The molecule has 0 bridgehead atoms. The van der Waals surface area contributed by atoms with Crippen LogP contribution in [0.3, 0.4) is 0 Å². The van der Waals surface area contributed by atoms with Gasteiger partial charge in [-0.1, -0.05) is 24.3 Å². The average molecular weight is 435 g/mol. The van der Waals surface area contributed by atoms with E-state index in [0.717, 1.165) is 24.5 Å². The van der Waals surface area contributed by atoms with Crippen LogP contribution in [0.4, 0.5) is 0 Å². The maximum atomic E-state index is 12.4. The number of carbonyl (C=O) groups is 1. The summed E-state index contributed by atoms with van der Waals surface area (Å²) >= 11 is 1.77. The summed E-state index contributed by atoms with van der Waals surface area (Å²) in [6, 6.07) is 18.0. The van der Waals surface area contributed by atoms with Crippen LogP contribution < -0.4 is 10.1 Å². The molecule has 31 heavy (non-hydrogen) atoms. The van der Waals surface area contributed by atoms with E-state index in [2.05, 4.69) is 51.9 Å². The third-order valence-electron chi connectivity index (χ3n) is 4.84. The quantitative estimate of drug-likeness (QED) is 0.428. The summed E-state index contributed by atoms with van der Waals surface area (Å²) < 4.78 is 7.86. The number of hydrogen-bond acceptors (Lipinski definition) is 5. The van der Waals surface area contributed by atoms with Gasteiger partial charge < -0.3 is 14.5 Å². The SMILES string of the molecule is C[C@H](CNC(=O)c1cn2ccccc2n1)Oc1cccc(CN(C)Cc2cccs2)c1. The third-order valence-corrected chi connectivity index (χ3v) is 5.70. The van der Waals surface area contributed by atoms with Gasteiger partial charge in [0.1, 0.15) is 23.2 Å². The van der Waals surface area contributed by atoms with Gasteiger partial charge in [-0.25, -0.2) is 4.98 Å². The Kier molecular flexibility index (Phi) is 6.64. The van der Waals surface area contributed by atoms with Crippen LogP contribution in [0.15, 0.2) is 72.4 Å². The normalized spacial score (nSPS) is 12.2. The average Bonchev–Trinajstić information content (AvgIpc) is 3.41. The van der Waals surface area contributed by atoms with Crippen molar-refractivity contribution in [2.24, 2.45) is 0 Å². The highest BCUT2D eigenvalue weighted by atomic mass is 32.1. The standard InChI is InChI=1S/C24H26N4O2S/c1-18(14-25-24(29)22-17-28-11-4-3-10-23(28)26-22)30-20-8-5-7-19(13-20)15-27(2)16-21-9-6-12-31-21/h3-13,17-18H,14-16H2,1-2H3,(H,25,29)/t18-/m1/s1. The smallest absolute Gasteiger partial charge is 0.271 e. The van der Waals surface area contributed by atoms with Crippen molar-refractivity contribution in [2.45, 2.75) is 26.1 Å². The first kappa shape index (κ1) is 21.1. The molecule has 1 aromatic carbocycles. The van der Waals surface area contributed by atoms with Gasteiger partial charge in [-0.15, -0.1) is 11.3 Å². The van der Waals surface area contributed by atoms with E-state index < -0.39 is 0 Å². The number of imidazole rings is 1. The van der Waals surface area contributed by atoms with Gasteiger partial charge >= 0.3 is 0 Å². The summed E-state index contributed by atoms with van der Waals surface area (Å²) in [5.74, 6) is 0.597. The fourth-order valence-corrected chi connectivity index (χ4v) is 4.18. The first-order valence-corrected chi connectivity index (χ1v) is 11.1. The summed E-state index contributed by atoms with van der Waals surface area (Å²) in [5, 5.41) is 5.01. The lowest BCUT2D eigenvalue weighted by molar-refractivity contribution is 0.0928. The Balaban J connectivity index is 1.28. The van der Waals surface area contributed by atoms with Crippen molar-refractivity contribution < 1.29 is 9.53 Å². The number of thiophene rings is 1. The van der Waals surface area contributed by atoms with Gasteiger partial charge in [-0.3, -0.25) is 9.69 Å². The summed E-state index contributed by atoms with van der Waals surface area (Å²) in [5.41, 5.74) is 2.34. The number of nitrogens with one attached hydrogen (secondary N) is 1. The molecule has 0 saturated heterocycles. The molecule has 0 radical (unpaired) electrons. The Morgan fingerprint density at radius 1 is 1.19 bits per heavy atom. The van der Waals surface area contributed by atoms with Crippen molar-refractivity contribution >= 4 is 22.9 Å². The van der Waals surface area contributed by atoms with Crippen molar-refractivity contribution in [3.63, 3.8) is 0 Å². The van der Waals surface area contributed by atoms with E-state index >= 15 is 0 Å². The maximum absolute atomic E-state index is 12.4. The van der Waals surface area contributed by atoms with Crippen molar-refractivity contribution in [3.05, 3.63) is 88.5 Å². The van der Waals surface area contributed by atoms with E-state index in [-0.39, 0.29) is 12.0 Å². The van der Waals surface area contributed by atoms with Crippen LogP contribution in [0.2, 0.25) is 0 Å². The van der Waals surface area contributed by atoms with Gasteiger partial charge in [0.05, 0.1) is 6.54 Å². The fraction of sp³-hybridized carbons (Fsp3) is 0.250. The summed E-state index contributed by atoms with van der Waals surface area (Å²) in [6.07, 6.45) is 3.43. The van der Waals surface area contributed by atoms with Gasteiger partial charge in [0, 0.05) is 30.4 Å². The minimum absolute atomic E-state index is 0.167. The van der Waals surface area contributed by atoms with E-state index in [9.17, 15) is 4.79 Å². The zero-order valence-electron chi connectivity index (χ0n) is 17.7. The zero-order valence-corrected chi connectivity index (χ0v) is 18.5. The van der Waals surface area contributed by atoms with E-state index in [1.165, 1.54) is 10.4 Å². The second-order valence-corrected chi connectivity index (χ2v) is 8.66. The number of nitrogens with zero attached hydrogens (tertiary/aromatic N) is 3. The molecule has 0 unspecified atom stereocenters. The monoisotopic (exact) mass is 434 g/mol. The third kappa shape index (κ3) is 5.71. The molecule has 4 rings (SSSR count). The number of benzene rings is 1. The highest BCUT2D eigenvalue weighted by molar-refractivity contribution is 7.09. The largest absolute Gasteiger partial charge is 0.489 e. The molecule has 7 heteroatoms. The van der Waals surface area contributed by atoms with E-state index in [1.807, 2.05) is 47.9 Å². The lowest BCUT2D eigenvalue weighted by atomic mass is 10.2. The van der Waals surface area contributed by atoms with Crippen LogP contribution in [0, 0.1) is 0 Å². The van der Waals surface area contributed by atoms with Crippen LogP contribution in [-0.2, 0) is 13.1 Å². The molecule has 0 aliphatic heterocycles. The van der Waals surface area contributed by atoms with Crippen LogP contribution >= 0.6 is 11.3 Å². The van der Waals surface area contributed by atoms with Crippen LogP contribution in [0.1, 0.15) is 27.9 Å². The summed E-state index contributed by atoms with van der Waals surface area (Å²) in [4.78, 5) is 20.4. The maximum Gasteiger partial charge on any atom is 0.271 e. The van der Waals surface area contributed by atoms with Crippen molar-refractivity contribution in [3.8, 4) is 5.75 Å². The van der Waals surface area contributed by atoms with Crippen LogP contribution in [0.25, 0.3) is 5.65 Å². The van der Waals surface area contributed by atoms with Gasteiger partial charge in [0.15, 0.2) is 0 Å². The Morgan fingerprint density at radius 3 is 2.90 bits per heavy atom. The number of fused-ring (bicyclic) bond motifs is 1. The van der Waals surface area contributed by atoms with Crippen molar-refractivity contribution in [2.75, 3.05) is 13.6 Å². The first-order chi connectivity index (χ1) is 15.1. The van der Waals surface area contributed by atoms with Gasteiger partial charge in [0.25, 0.3) is 5.91 Å². The van der Waals surface area contributed by atoms with Crippen molar-refractivity contribution in [1.29, 1.82) is 0 Å². The molecular weight excluding hydrogens is 408 g/mol. The predicted octanol–water partition coefficient (Wildman–Crippen LogP) is 4.23. The van der Waals surface area contributed by atoms with Gasteiger partial charge in [0.2, 0.25) is 0 Å².